The van der Waals surface area contributed by atoms with Gasteiger partial charge in [0.25, 0.3) is 10.0 Å². The van der Waals surface area contributed by atoms with Crippen molar-refractivity contribution in [3.8, 4) is 5.69 Å². The molecule has 13 heteroatoms. The topological polar surface area (TPSA) is 64.0 Å². The van der Waals surface area contributed by atoms with Crippen molar-refractivity contribution >= 4 is 66.2 Å². The average molecular weight is 521 g/mol. The van der Waals surface area contributed by atoms with Crippen LogP contribution >= 0.6 is 50.5 Å². The first-order valence-corrected chi connectivity index (χ1v) is 10.7. The predicted octanol–water partition coefficient (Wildman–Crippen LogP) is 5.82. The number of hydrogen-bond donors (Lipinski definition) is 1. The van der Waals surface area contributed by atoms with Gasteiger partial charge in [0.2, 0.25) is 0 Å². The Bertz CT molecular complexity index is 1100. The molecular formula is C14H7BrCl2F3N3O2S2. The van der Waals surface area contributed by atoms with Crippen LogP contribution in [0.4, 0.5) is 18.9 Å². The summed E-state index contributed by atoms with van der Waals surface area (Å²) >= 11 is 15.8. The number of halogens is 6. The lowest BCUT2D eigenvalue weighted by Gasteiger charge is -2.09. The maximum absolute atomic E-state index is 12.6. The second-order valence-electron chi connectivity index (χ2n) is 5.09. The summed E-state index contributed by atoms with van der Waals surface area (Å²) < 4.78 is 66.6. The van der Waals surface area contributed by atoms with E-state index in [-0.39, 0.29) is 23.7 Å². The molecule has 27 heavy (non-hydrogen) atoms. The molecule has 1 aromatic carbocycles. The molecule has 144 valence electrons. The van der Waals surface area contributed by atoms with Crippen molar-refractivity contribution in [1.29, 1.82) is 0 Å². The summed E-state index contributed by atoms with van der Waals surface area (Å²) in [5.74, 6) is 0. The van der Waals surface area contributed by atoms with Crippen molar-refractivity contribution < 1.29 is 21.6 Å². The Hall–Kier alpha value is -1.27. The number of aromatic nitrogens is 2. The van der Waals surface area contributed by atoms with Crippen molar-refractivity contribution in [2.45, 2.75) is 11.1 Å². The Morgan fingerprint density at radius 3 is 2.22 bits per heavy atom. The highest BCUT2D eigenvalue weighted by atomic mass is 79.9. The minimum Gasteiger partial charge on any atom is -0.280 e. The lowest BCUT2D eigenvalue weighted by atomic mass is 10.3. The number of sulfonamides is 1. The second-order valence-corrected chi connectivity index (χ2v) is 9.73. The molecule has 5 nitrogen and oxygen atoms in total. The number of benzene rings is 1. The highest BCUT2D eigenvalue weighted by Crippen LogP contribution is 2.43. The van der Waals surface area contributed by atoms with E-state index in [0.717, 1.165) is 28.3 Å². The van der Waals surface area contributed by atoms with Gasteiger partial charge in [0.15, 0.2) is 5.69 Å². The summed E-state index contributed by atoms with van der Waals surface area (Å²) in [6.07, 6.45) is -3.39. The first kappa shape index (κ1) is 20.5. The quantitative estimate of drug-likeness (QED) is 0.471. The van der Waals surface area contributed by atoms with E-state index in [1.807, 2.05) is 0 Å². The highest BCUT2D eigenvalue weighted by molar-refractivity contribution is 9.10. The number of alkyl halides is 3. The molecule has 3 rings (SSSR count). The molecule has 0 saturated carbocycles. The predicted molar refractivity (Wildman–Crippen MR) is 101 cm³/mol. The van der Waals surface area contributed by atoms with Gasteiger partial charge in [-0.05, 0) is 46.3 Å². The van der Waals surface area contributed by atoms with Crippen molar-refractivity contribution in [1.82, 2.24) is 9.78 Å². The summed E-state index contributed by atoms with van der Waals surface area (Å²) in [5.41, 5.74) is -0.514. The SMILES string of the molecule is O=S(=O)(Nc1ccc(-n2ccc(C(F)(F)F)n2)cc1)c1c(Cl)sc(Cl)c1Br. The Balaban J connectivity index is 1.85. The van der Waals surface area contributed by atoms with Gasteiger partial charge in [-0.3, -0.25) is 4.72 Å². The van der Waals surface area contributed by atoms with Crippen molar-refractivity contribution in [2.24, 2.45) is 0 Å². The number of anilines is 1. The Morgan fingerprint density at radius 2 is 1.74 bits per heavy atom. The van der Waals surface area contributed by atoms with E-state index in [0.29, 0.717) is 5.69 Å². The van der Waals surface area contributed by atoms with Crippen LogP contribution in [0.2, 0.25) is 8.67 Å². The zero-order chi connectivity index (χ0) is 20.0. The maximum atomic E-state index is 12.6. The van der Waals surface area contributed by atoms with Crippen LogP contribution in [0.5, 0.6) is 0 Å². The van der Waals surface area contributed by atoms with Crippen LogP contribution in [-0.2, 0) is 16.2 Å². The van der Waals surface area contributed by atoms with Crippen LogP contribution in [0.15, 0.2) is 45.9 Å². The van der Waals surface area contributed by atoms with Crippen LogP contribution in [-0.4, -0.2) is 18.2 Å². The van der Waals surface area contributed by atoms with E-state index in [9.17, 15) is 21.6 Å². The first-order chi connectivity index (χ1) is 12.5. The van der Waals surface area contributed by atoms with E-state index in [1.165, 1.54) is 24.3 Å². The fraction of sp³-hybridized carbons (Fsp3) is 0.0714. The van der Waals surface area contributed by atoms with Crippen molar-refractivity contribution in [3.63, 3.8) is 0 Å². The molecule has 0 radical (unpaired) electrons. The van der Waals surface area contributed by atoms with E-state index < -0.39 is 21.9 Å². The molecule has 0 atom stereocenters. The number of hydrogen-bond acceptors (Lipinski definition) is 4. The van der Waals surface area contributed by atoms with Gasteiger partial charge in [0, 0.05) is 11.9 Å². The first-order valence-electron chi connectivity index (χ1n) is 6.88. The standard InChI is InChI=1S/C14H7BrCl2F3N3O2S2/c15-10-11(13(17)26-12(10)16)27(24,25)22-7-1-3-8(4-2-7)23-6-5-9(21-23)14(18,19)20/h1-6,22H. The number of nitrogens with one attached hydrogen (secondary N) is 1. The van der Waals surface area contributed by atoms with Crippen LogP contribution in [0.1, 0.15) is 5.69 Å². The number of thiophene rings is 1. The van der Waals surface area contributed by atoms with Gasteiger partial charge in [-0.25, -0.2) is 13.1 Å². The van der Waals surface area contributed by atoms with E-state index in [1.54, 1.807) is 0 Å². The zero-order valence-electron chi connectivity index (χ0n) is 12.8. The van der Waals surface area contributed by atoms with E-state index in [2.05, 4.69) is 25.8 Å². The molecule has 2 aromatic heterocycles. The molecule has 0 saturated heterocycles. The van der Waals surface area contributed by atoms with Gasteiger partial charge >= 0.3 is 6.18 Å². The van der Waals surface area contributed by atoms with Gasteiger partial charge in [0.1, 0.15) is 13.6 Å². The third kappa shape index (κ3) is 4.27. The smallest absolute Gasteiger partial charge is 0.280 e. The Labute approximate surface area is 173 Å². The molecular weight excluding hydrogens is 514 g/mol. The highest BCUT2D eigenvalue weighted by Gasteiger charge is 2.33. The van der Waals surface area contributed by atoms with Crippen molar-refractivity contribution in [3.05, 3.63) is 55.4 Å². The zero-order valence-corrected chi connectivity index (χ0v) is 17.5. The summed E-state index contributed by atoms with van der Waals surface area (Å²) in [6, 6.07) is 6.45. The lowest BCUT2D eigenvalue weighted by molar-refractivity contribution is -0.141. The minimum atomic E-state index is -4.55. The van der Waals surface area contributed by atoms with Crippen LogP contribution in [0.25, 0.3) is 5.69 Å². The Morgan fingerprint density at radius 1 is 1.11 bits per heavy atom. The summed E-state index contributed by atoms with van der Waals surface area (Å²) in [6.45, 7) is 0. The Kier molecular flexibility index (Phi) is 5.52. The van der Waals surface area contributed by atoms with Gasteiger partial charge in [0.05, 0.1) is 10.2 Å². The summed E-state index contributed by atoms with van der Waals surface area (Å²) in [4.78, 5) is -0.190. The van der Waals surface area contributed by atoms with Gasteiger partial charge in [-0.15, -0.1) is 11.3 Å². The molecule has 2 heterocycles. The monoisotopic (exact) mass is 519 g/mol. The van der Waals surface area contributed by atoms with Crippen molar-refractivity contribution in [2.75, 3.05) is 4.72 Å². The number of nitrogens with zero attached hydrogens (tertiary/aromatic N) is 2. The molecule has 0 spiro atoms. The fourth-order valence-corrected chi connectivity index (χ4v) is 6.69. The molecule has 0 bridgehead atoms. The molecule has 0 aliphatic heterocycles. The molecule has 0 amide bonds. The lowest BCUT2D eigenvalue weighted by Crippen LogP contribution is -2.13. The van der Waals surface area contributed by atoms with Crippen LogP contribution < -0.4 is 4.72 Å². The summed E-state index contributed by atoms with van der Waals surface area (Å²) in [5, 5.41) is 3.45. The number of rotatable bonds is 4. The van der Waals surface area contributed by atoms with E-state index in [4.69, 9.17) is 23.2 Å². The van der Waals surface area contributed by atoms with Crippen LogP contribution in [0, 0.1) is 0 Å². The minimum absolute atomic E-state index is 0.00721. The average Bonchev–Trinajstić information content (AvgIpc) is 3.13. The summed E-state index contributed by atoms with van der Waals surface area (Å²) in [7, 11) is -4.02. The molecule has 0 unspecified atom stereocenters. The fourth-order valence-electron chi connectivity index (χ4n) is 2.08. The molecule has 1 N–H and O–H groups in total. The third-order valence-electron chi connectivity index (χ3n) is 3.26. The van der Waals surface area contributed by atoms with Crippen LogP contribution in [0.3, 0.4) is 0 Å². The molecule has 0 fully saturated rings. The normalized spacial score (nSPS) is 12.4. The van der Waals surface area contributed by atoms with E-state index >= 15 is 0 Å². The second kappa shape index (κ2) is 7.28. The van der Waals surface area contributed by atoms with Gasteiger partial charge < -0.3 is 0 Å². The third-order valence-corrected chi connectivity index (χ3v) is 8.11. The molecule has 0 aliphatic rings. The van der Waals surface area contributed by atoms with Gasteiger partial charge in [-0.1, -0.05) is 23.2 Å². The molecule has 0 aliphatic carbocycles. The largest absolute Gasteiger partial charge is 0.435 e. The van der Waals surface area contributed by atoms with Gasteiger partial charge in [-0.2, -0.15) is 18.3 Å². The maximum Gasteiger partial charge on any atom is 0.435 e. The molecule has 3 aromatic rings.